The monoisotopic (exact) mass is 772 g/mol. The van der Waals surface area contributed by atoms with Crippen molar-refractivity contribution in [3.05, 3.63) is 0 Å². The zero-order chi connectivity index (χ0) is 28.5. The van der Waals surface area contributed by atoms with Gasteiger partial charge in [0.2, 0.25) is 0 Å². The summed E-state index contributed by atoms with van der Waals surface area (Å²) in [6.45, 7) is 19.6. The molecule has 0 aliphatic carbocycles. The van der Waals surface area contributed by atoms with Gasteiger partial charge in [0.1, 0.15) is 0 Å². The van der Waals surface area contributed by atoms with Crippen molar-refractivity contribution < 1.29 is 82.9 Å². The third-order valence-corrected chi connectivity index (χ3v) is 5.14. The van der Waals surface area contributed by atoms with E-state index in [1.165, 1.54) is 0 Å². The molecule has 0 saturated carbocycles. The largest absolute Gasteiger partial charge is 0.428 e. The molecule has 0 saturated heterocycles. The van der Waals surface area contributed by atoms with Crippen LogP contribution < -0.4 is 0 Å². The van der Waals surface area contributed by atoms with E-state index in [0.717, 1.165) is 0 Å². The van der Waals surface area contributed by atoms with Crippen molar-refractivity contribution in [1.29, 1.82) is 0 Å². The maximum absolute atomic E-state index is 8.57. The molecule has 8 radical (unpaired) electrons. The van der Waals surface area contributed by atoms with Crippen molar-refractivity contribution in [1.82, 2.24) is 0 Å². The molecule has 0 heterocycles. The summed E-state index contributed by atoms with van der Waals surface area (Å²) in [6, 6.07) is 0. The van der Waals surface area contributed by atoms with Gasteiger partial charge >= 0.3 is 0 Å². The van der Waals surface area contributed by atoms with Gasteiger partial charge < -0.3 is 57.1 Å². The topological polar surface area (TPSA) is 155 Å². The minimum absolute atomic E-state index is 0. The Bertz CT molecular complexity index is 287. The van der Waals surface area contributed by atoms with Crippen molar-refractivity contribution in [3.8, 4) is 0 Å². The first-order valence-corrected chi connectivity index (χ1v) is 16.0. The molecular weight excluding hydrogens is 723 g/mol. The molecule has 220 valence electrons. The van der Waals surface area contributed by atoms with Gasteiger partial charge in [0.15, 0.2) is 23.7 Å². The van der Waals surface area contributed by atoms with E-state index in [2.05, 4.69) is 0 Å². The molecule has 0 aliphatic heterocycles. The van der Waals surface area contributed by atoms with Crippen LogP contribution in [0.4, 0.5) is 0 Å². The zero-order valence-corrected chi connectivity index (χ0v) is 31.1. The molecule has 0 rings (SSSR count). The van der Waals surface area contributed by atoms with Crippen molar-refractivity contribution in [2.24, 2.45) is 0 Å². The van der Waals surface area contributed by atoms with E-state index >= 15 is 0 Å². The Morgan fingerprint density at radius 3 is 0.514 bits per heavy atom. The fraction of sp³-hybridized carbons (Fsp3) is 1.00. The van der Waals surface area contributed by atoms with Gasteiger partial charge in [-0.2, -0.15) is 0 Å². The Morgan fingerprint density at radius 2 is 0.459 bits per heavy atom. The molecule has 0 unspecified atom stereocenters. The Labute approximate surface area is 252 Å². The summed E-state index contributed by atoms with van der Waals surface area (Å²) in [6.07, 6.45) is 0. The second-order valence-corrected chi connectivity index (χ2v) is 8.41. The fourth-order valence-corrected chi connectivity index (χ4v) is 3.63. The van der Waals surface area contributed by atoms with Crippen molar-refractivity contribution >= 4 is 39.1 Å². The number of hydrogen-bond donors (Lipinski definition) is 4. The van der Waals surface area contributed by atoms with Crippen LogP contribution in [0.15, 0.2) is 0 Å². The van der Waals surface area contributed by atoms with E-state index in [1.807, 2.05) is 55.4 Å². The summed E-state index contributed by atoms with van der Waals surface area (Å²) >= 11 is 0. The van der Waals surface area contributed by atoms with Gasteiger partial charge in [0, 0.05) is 78.7 Å². The molecule has 17 heteroatoms. The van der Waals surface area contributed by atoms with Gasteiger partial charge in [-0.3, -0.25) is 0 Å². The van der Waals surface area contributed by atoms with Gasteiger partial charge in [-0.05, 0) is 55.4 Å². The van der Waals surface area contributed by atoms with E-state index in [0.29, 0.717) is 52.9 Å². The molecule has 37 heavy (non-hydrogen) atoms. The summed E-state index contributed by atoms with van der Waals surface area (Å²) in [5.41, 5.74) is 0. The maximum atomic E-state index is 8.57. The molecule has 0 aromatic carbocycles. The van der Waals surface area contributed by atoms with Crippen LogP contribution in [0, 0.1) is 0 Å². The van der Waals surface area contributed by atoms with E-state index in [1.54, 1.807) is 0 Å². The molecule has 0 fully saturated rings. The van der Waals surface area contributed by atoms with Crippen LogP contribution in [0.3, 0.4) is 0 Å². The normalized spacial score (nSPS) is 10.4. The van der Waals surface area contributed by atoms with Crippen LogP contribution in [-0.2, 0) is 63.7 Å². The molecule has 0 amide bonds. The zero-order valence-electron chi connectivity index (χ0n) is 23.5. The minimum Gasteiger partial charge on any atom is -0.428 e. The third kappa shape index (κ3) is 41.9. The second-order valence-electron chi connectivity index (χ2n) is 5.49. The van der Waals surface area contributed by atoms with E-state index in [9.17, 15) is 0 Å². The summed E-state index contributed by atoms with van der Waals surface area (Å²) in [4.78, 5) is 34.3. The maximum Gasteiger partial charge on any atom is 0.295 e. The smallest absolute Gasteiger partial charge is 0.295 e. The standard InChI is InChI=1S/4C5H12O3Si.Hf/c4*1-3-7-5(9-6)8-4-2;/h4*5-6H,3-4H2,1-2H3;. The summed E-state index contributed by atoms with van der Waals surface area (Å²) in [5, 5.41) is 0. The first kappa shape index (κ1) is 48.0. The minimum atomic E-state index is -0.403. The molecule has 0 aromatic heterocycles. The van der Waals surface area contributed by atoms with E-state index in [-0.39, 0.29) is 64.9 Å². The molecule has 4 N–H and O–H groups in total. The summed E-state index contributed by atoms with van der Waals surface area (Å²) in [5.74, 6) is -1.61. The molecule has 0 aliphatic rings. The Kier molecular flexibility index (Phi) is 57.5. The summed E-state index contributed by atoms with van der Waals surface area (Å²) < 4.78 is 39.8. The van der Waals surface area contributed by atoms with Gasteiger partial charge in [0.05, 0.1) is 0 Å². The predicted molar refractivity (Wildman–Crippen MR) is 140 cm³/mol. The summed E-state index contributed by atoms with van der Waals surface area (Å²) in [7, 11) is -1.13. The molecular formula is C20H48HfO12Si4. The van der Waals surface area contributed by atoms with Crippen LogP contribution in [-0.4, -0.2) is 135 Å². The quantitative estimate of drug-likeness (QED) is 0.0960. The first-order chi connectivity index (χ1) is 17.4. The Hall–Kier alpha value is 1.26. The molecule has 0 spiro atoms. The van der Waals surface area contributed by atoms with E-state index in [4.69, 9.17) is 57.1 Å². The Balaban J connectivity index is -0.000000122. The number of rotatable bonds is 20. The van der Waals surface area contributed by atoms with Crippen LogP contribution in [0.1, 0.15) is 55.4 Å². The van der Waals surface area contributed by atoms with Gasteiger partial charge in [0.25, 0.3) is 39.1 Å². The number of hydrogen-bond acceptors (Lipinski definition) is 12. The predicted octanol–water partition coefficient (Wildman–Crippen LogP) is -0.184. The van der Waals surface area contributed by atoms with Crippen LogP contribution >= 0.6 is 0 Å². The molecule has 12 nitrogen and oxygen atoms in total. The van der Waals surface area contributed by atoms with Crippen LogP contribution in [0.2, 0.25) is 0 Å². The second kappa shape index (κ2) is 44.3. The van der Waals surface area contributed by atoms with Gasteiger partial charge in [-0.1, -0.05) is 0 Å². The third-order valence-electron chi connectivity index (χ3n) is 2.97. The first-order valence-electron chi connectivity index (χ1n) is 11.9. The molecule has 0 atom stereocenters. The number of ether oxygens (including phenoxy) is 8. The van der Waals surface area contributed by atoms with Crippen LogP contribution in [0.25, 0.3) is 0 Å². The van der Waals surface area contributed by atoms with Gasteiger partial charge in [-0.25, -0.2) is 0 Å². The van der Waals surface area contributed by atoms with Crippen molar-refractivity contribution in [2.45, 2.75) is 79.0 Å². The van der Waals surface area contributed by atoms with Crippen molar-refractivity contribution in [3.63, 3.8) is 0 Å². The fourth-order valence-electron chi connectivity index (χ4n) is 1.70. The molecule has 0 aromatic rings. The SMILES string of the molecule is CCOC(OCC)[Si]O.CCOC(OCC)[Si]O.CCOC(OCC)[Si]O.CCOC(OCC)[Si]O.[Hf]. The average molecular weight is 771 g/mol. The van der Waals surface area contributed by atoms with Crippen molar-refractivity contribution in [2.75, 3.05) is 52.9 Å². The van der Waals surface area contributed by atoms with Gasteiger partial charge in [-0.15, -0.1) is 0 Å². The van der Waals surface area contributed by atoms with E-state index < -0.39 is 23.7 Å². The average Bonchev–Trinajstić information content (AvgIpc) is 2.89. The van der Waals surface area contributed by atoms with Crippen LogP contribution in [0.5, 0.6) is 0 Å². The molecule has 0 bridgehead atoms. The Morgan fingerprint density at radius 1 is 0.351 bits per heavy atom.